The van der Waals surface area contributed by atoms with Crippen LogP contribution in [0, 0.1) is 10.1 Å². The first kappa shape index (κ1) is 13.5. The summed E-state index contributed by atoms with van der Waals surface area (Å²) in [5, 5.41) is 15.0. The zero-order chi connectivity index (χ0) is 14.4. The number of ether oxygens (including phenoxy) is 1. The van der Waals surface area contributed by atoms with Gasteiger partial charge in [-0.05, 0) is 29.2 Å². The molecular formula is C14H13N3O3. The van der Waals surface area contributed by atoms with Gasteiger partial charge in [-0.3, -0.25) is 0 Å². The maximum atomic E-state index is 11.2. The molecule has 6 nitrogen and oxygen atoms in total. The molecule has 0 unspecified atom stereocenters. The Labute approximate surface area is 115 Å². The van der Waals surface area contributed by atoms with Gasteiger partial charge in [-0.2, -0.15) is 5.43 Å². The molecule has 0 atom stereocenters. The lowest BCUT2D eigenvalue weighted by Gasteiger charge is -2.05. The van der Waals surface area contributed by atoms with Crippen molar-refractivity contribution in [3.8, 4) is 5.75 Å². The van der Waals surface area contributed by atoms with Gasteiger partial charge in [-0.25, -0.2) is 0 Å². The highest BCUT2D eigenvalue weighted by Gasteiger charge is 2.20. The summed E-state index contributed by atoms with van der Waals surface area (Å²) in [4.78, 5) is 10.6. The van der Waals surface area contributed by atoms with Crippen molar-refractivity contribution in [1.82, 2.24) is 0 Å². The highest BCUT2D eigenvalue weighted by molar-refractivity contribution is 5.95. The molecule has 0 amide bonds. The van der Waals surface area contributed by atoms with E-state index in [0.29, 0.717) is 17.0 Å². The average molecular weight is 271 g/mol. The van der Waals surface area contributed by atoms with Gasteiger partial charge >= 0.3 is 5.84 Å². The van der Waals surface area contributed by atoms with Crippen molar-refractivity contribution < 1.29 is 9.66 Å². The lowest BCUT2D eigenvalue weighted by atomic mass is 10.2. The number of amidine groups is 1. The van der Waals surface area contributed by atoms with Gasteiger partial charge in [0.15, 0.2) is 0 Å². The van der Waals surface area contributed by atoms with Crippen molar-refractivity contribution in [3.05, 3.63) is 70.3 Å². The summed E-state index contributed by atoms with van der Waals surface area (Å²) in [5.41, 5.74) is 3.66. The van der Waals surface area contributed by atoms with Crippen LogP contribution in [-0.4, -0.2) is 17.9 Å². The predicted octanol–water partition coefficient (Wildman–Crippen LogP) is 2.75. The van der Waals surface area contributed by atoms with Crippen molar-refractivity contribution in [2.45, 2.75) is 0 Å². The van der Waals surface area contributed by atoms with Crippen molar-refractivity contribution in [1.29, 1.82) is 0 Å². The third-order valence-electron chi connectivity index (χ3n) is 2.59. The summed E-state index contributed by atoms with van der Waals surface area (Å²) in [6.45, 7) is 0. The molecule has 0 radical (unpaired) electrons. The van der Waals surface area contributed by atoms with Crippen molar-refractivity contribution >= 4 is 11.5 Å². The van der Waals surface area contributed by atoms with Gasteiger partial charge in [0.1, 0.15) is 11.3 Å². The molecule has 0 aliphatic rings. The summed E-state index contributed by atoms with van der Waals surface area (Å²) in [5.74, 6) is 0.101. The summed E-state index contributed by atoms with van der Waals surface area (Å²) < 4.78 is 5.12. The molecule has 2 aromatic rings. The molecule has 0 spiro atoms. The Hall–Kier alpha value is -2.89. The molecule has 0 fully saturated rings. The topological polar surface area (TPSA) is 76.8 Å². The fourth-order valence-corrected chi connectivity index (χ4v) is 1.66. The molecule has 0 saturated carbocycles. The summed E-state index contributed by atoms with van der Waals surface area (Å²) in [6, 6.07) is 15.7. The monoisotopic (exact) mass is 271 g/mol. The van der Waals surface area contributed by atoms with E-state index in [1.54, 1.807) is 36.4 Å². The normalized spacial score (nSPS) is 10.9. The van der Waals surface area contributed by atoms with E-state index < -0.39 is 4.92 Å². The third-order valence-corrected chi connectivity index (χ3v) is 2.59. The highest BCUT2D eigenvalue weighted by atomic mass is 16.6. The van der Waals surface area contributed by atoms with Crippen LogP contribution >= 0.6 is 0 Å². The van der Waals surface area contributed by atoms with Crippen LogP contribution in [0.1, 0.15) is 5.56 Å². The lowest BCUT2D eigenvalue weighted by Crippen LogP contribution is -2.16. The quantitative estimate of drug-likeness (QED) is 0.401. The Morgan fingerprint density at radius 1 is 1.15 bits per heavy atom. The minimum atomic E-state index is -0.548. The largest absolute Gasteiger partial charge is 0.496 e. The van der Waals surface area contributed by atoms with Gasteiger partial charge in [0, 0.05) is 0 Å². The van der Waals surface area contributed by atoms with Crippen LogP contribution in [0.2, 0.25) is 0 Å². The van der Waals surface area contributed by atoms with E-state index in [1.165, 1.54) is 7.11 Å². The first-order chi connectivity index (χ1) is 9.72. The predicted molar refractivity (Wildman–Crippen MR) is 76.6 cm³/mol. The van der Waals surface area contributed by atoms with Crippen molar-refractivity contribution in [3.63, 3.8) is 0 Å². The molecule has 1 N–H and O–H groups in total. The highest BCUT2D eigenvalue weighted by Crippen LogP contribution is 2.19. The van der Waals surface area contributed by atoms with Gasteiger partial charge in [0.05, 0.1) is 17.9 Å². The number of methoxy groups -OCH3 is 1. The molecule has 0 heterocycles. The van der Waals surface area contributed by atoms with E-state index in [0.717, 1.165) is 0 Å². The minimum Gasteiger partial charge on any atom is -0.496 e. The molecule has 2 rings (SSSR count). The molecule has 0 bridgehead atoms. The second kappa shape index (κ2) is 6.33. The van der Waals surface area contributed by atoms with Gasteiger partial charge < -0.3 is 14.9 Å². The standard InChI is InChI=1S/C14H13N3O3/c1-20-13-10-6-5-9-12(13)14(17(18)19)16-15-11-7-3-2-4-8-11/h2-10,15H,1H3. The maximum absolute atomic E-state index is 11.2. The van der Waals surface area contributed by atoms with Crippen LogP contribution in [0.4, 0.5) is 5.69 Å². The first-order valence-electron chi connectivity index (χ1n) is 5.89. The Morgan fingerprint density at radius 3 is 2.45 bits per heavy atom. The number of hydrogen-bond donors (Lipinski definition) is 1. The molecule has 0 aliphatic heterocycles. The Balaban J connectivity index is 2.34. The Bertz CT molecular complexity index is 627. The van der Waals surface area contributed by atoms with E-state index in [-0.39, 0.29) is 5.84 Å². The molecule has 102 valence electrons. The number of rotatable bonds is 4. The molecule has 2 aromatic carbocycles. The zero-order valence-electron chi connectivity index (χ0n) is 10.8. The van der Waals surface area contributed by atoms with Gasteiger partial charge in [-0.1, -0.05) is 30.3 Å². The number of anilines is 1. The van der Waals surface area contributed by atoms with E-state index in [4.69, 9.17) is 4.74 Å². The number of para-hydroxylation sites is 2. The van der Waals surface area contributed by atoms with E-state index in [2.05, 4.69) is 10.5 Å². The summed E-state index contributed by atoms with van der Waals surface area (Å²) in [6.07, 6.45) is 0. The maximum Gasteiger partial charge on any atom is 0.399 e. The third kappa shape index (κ3) is 3.11. The molecule has 20 heavy (non-hydrogen) atoms. The second-order valence-corrected chi connectivity index (χ2v) is 3.87. The van der Waals surface area contributed by atoms with Crippen LogP contribution in [0.5, 0.6) is 5.75 Å². The van der Waals surface area contributed by atoms with E-state index >= 15 is 0 Å². The van der Waals surface area contributed by atoms with Gasteiger partial charge in [0.2, 0.25) is 0 Å². The average Bonchev–Trinajstić information content (AvgIpc) is 2.48. The Kier molecular flexibility index (Phi) is 4.28. The lowest BCUT2D eigenvalue weighted by molar-refractivity contribution is -0.349. The number of nitrogens with zero attached hydrogens (tertiary/aromatic N) is 2. The van der Waals surface area contributed by atoms with Crippen LogP contribution in [-0.2, 0) is 0 Å². The first-order valence-corrected chi connectivity index (χ1v) is 5.89. The second-order valence-electron chi connectivity index (χ2n) is 3.87. The molecule has 6 heteroatoms. The number of nitro groups is 1. The van der Waals surface area contributed by atoms with Crippen molar-refractivity contribution in [2.24, 2.45) is 5.10 Å². The number of hydrazone groups is 1. The van der Waals surface area contributed by atoms with Crippen molar-refractivity contribution in [2.75, 3.05) is 12.5 Å². The molecular weight excluding hydrogens is 258 g/mol. The molecule has 0 aliphatic carbocycles. The number of nitrogens with one attached hydrogen (secondary N) is 1. The van der Waals surface area contributed by atoms with Crippen LogP contribution in [0.25, 0.3) is 0 Å². The Morgan fingerprint density at radius 2 is 1.80 bits per heavy atom. The fraction of sp³-hybridized carbons (Fsp3) is 0.0714. The van der Waals surface area contributed by atoms with Crippen LogP contribution in [0.3, 0.4) is 0 Å². The fourth-order valence-electron chi connectivity index (χ4n) is 1.66. The van der Waals surface area contributed by atoms with Gasteiger partial charge in [0.25, 0.3) is 0 Å². The summed E-state index contributed by atoms with van der Waals surface area (Å²) in [7, 11) is 1.46. The SMILES string of the molecule is COc1ccccc1C(=NNc1ccccc1)[N+](=O)[O-]. The number of benzene rings is 2. The van der Waals surface area contributed by atoms with E-state index in [9.17, 15) is 10.1 Å². The zero-order valence-corrected chi connectivity index (χ0v) is 10.8. The smallest absolute Gasteiger partial charge is 0.399 e. The van der Waals surface area contributed by atoms with Crippen LogP contribution in [0.15, 0.2) is 59.7 Å². The summed E-state index contributed by atoms with van der Waals surface area (Å²) >= 11 is 0. The molecule has 0 aromatic heterocycles. The van der Waals surface area contributed by atoms with E-state index in [1.807, 2.05) is 18.2 Å². The minimum absolute atomic E-state index is 0.300. The number of hydrogen-bond acceptors (Lipinski definition) is 5. The van der Waals surface area contributed by atoms with Gasteiger partial charge in [-0.15, -0.1) is 0 Å². The van der Waals surface area contributed by atoms with Crippen LogP contribution < -0.4 is 10.2 Å². The molecule has 0 saturated heterocycles.